The highest BCUT2D eigenvalue weighted by Gasteiger charge is 2.16. The fourth-order valence-electron chi connectivity index (χ4n) is 2.30. The number of pyridine rings is 1. The van der Waals surface area contributed by atoms with Crippen LogP contribution in [0, 0.1) is 18.3 Å². The first kappa shape index (κ1) is 13.9. The smallest absolute Gasteiger partial charge is 0.232 e. The third-order valence-corrected chi connectivity index (χ3v) is 3.47. The normalized spacial score (nSPS) is 10.2. The molecule has 0 saturated carbocycles. The van der Waals surface area contributed by atoms with Gasteiger partial charge >= 0.3 is 0 Å². The minimum Gasteiger partial charge on any atom is -0.480 e. The van der Waals surface area contributed by atoms with E-state index < -0.39 is 0 Å². The molecule has 0 N–H and O–H groups in total. The molecule has 3 aromatic rings. The zero-order chi connectivity index (χ0) is 15.5. The molecule has 0 radical (unpaired) electrons. The van der Waals surface area contributed by atoms with Crippen molar-refractivity contribution in [2.75, 3.05) is 7.11 Å². The van der Waals surface area contributed by atoms with Crippen molar-refractivity contribution < 1.29 is 9.15 Å². The van der Waals surface area contributed by atoms with Crippen molar-refractivity contribution in [1.29, 1.82) is 5.26 Å². The zero-order valence-electron chi connectivity index (χ0n) is 12.3. The van der Waals surface area contributed by atoms with Gasteiger partial charge in [0.15, 0.2) is 0 Å². The Bertz CT molecular complexity index is 829. The van der Waals surface area contributed by atoms with Gasteiger partial charge in [0.05, 0.1) is 25.3 Å². The number of furan rings is 1. The van der Waals surface area contributed by atoms with Crippen LogP contribution in [0.15, 0.2) is 53.3 Å². The Morgan fingerprint density at radius 3 is 2.50 bits per heavy atom. The molecule has 108 valence electrons. The lowest BCUT2D eigenvalue weighted by Crippen LogP contribution is -1.97. The first-order chi connectivity index (χ1) is 10.7. The summed E-state index contributed by atoms with van der Waals surface area (Å²) in [5.41, 5.74) is 4.89. The summed E-state index contributed by atoms with van der Waals surface area (Å²) in [5.74, 6) is 0.316. The molecule has 4 heteroatoms. The fraction of sp³-hybridized carbons (Fsp3) is 0.111. The van der Waals surface area contributed by atoms with Crippen molar-refractivity contribution in [3.05, 3.63) is 60.1 Å². The maximum atomic E-state index is 9.48. The lowest BCUT2D eigenvalue weighted by Gasteiger charge is -2.11. The number of nitriles is 1. The van der Waals surface area contributed by atoms with Gasteiger partial charge in [-0.2, -0.15) is 5.26 Å². The summed E-state index contributed by atoms with van der Waals surface area (Å²) in [4.78, 5) is 4.40. The van der Waals surface area contributed by atoms with Gasteiger partial charge in [0.25, 0.3) is 0 Å². The number of hydrogen-bond acceptors (Lipinski definition) is 4. The topological polar surface area (TPSA) is 59.1 Å². The van der Waals surface area contributed by atoms with Crippen molar-refractivity contribution >= 4 is 0 Å². The molecule has 0 unspecified atom stereocenters. The molecular weight excluding hydrogens is 276 g/mol. The number of aromatic nitrogens is 1. The number of ether oxygens (including phenoxy) is 1. The molecule has 0 amide bonds. The van der Waals surface area contributed by atoms with Crippen LogP contribution in [0.4, 0.5) is 0 Å². The van der Waals surface area contributed by atoms with E-state index in [0.717, 1.165) is 16.7 Å². The highest BCUT2D eigenvalue weighted by molar-refractivity contribution is 5.77. The molecule has 0 aliphatic rings. The minimum atomic E-state index is 0.316. The van der Waals surface area contributed by atoms with Crippen LogP contribution >= 0.6 is 0 Å². The Labute approximate surface area is 128 Å². The van der Waals surface area contributed by atoms with E-state index in [4.69, 9.17) is 9.15 Å². The van der Waals surface area contributed by atoms with Crippen LogP contribution in [0.2, 0.25) is 0 Å². The van der Waals surface area contributed by atoms with Gasteiger partial charge < -0.3 is 9.15 Å². The van der Waals surface area contributed by atoms with Gasteiger partial charge in [0, 0.05) is 11.1 Å². The highest BCUT2D eigenvalue weighted by Crippen LogP contribution is 2.33. The second-order valence-electron chi connectivity index (χ2n) is 4.93. The van der Waals surface area contributed by atoms with Gasteiger partial charge in [-0.05, 0) is 24.6 Å². The second-order valence-corrected chi connectivity index (χ2v) is 4.93. The average molecular weight is 290 g/mol. The Balaban J connectivity index is 2.25. The zero-order valence-corrected chi connectivity index (χ0v) is 12.3. The summed E-state index contributed by atoms with van der Waals surface area (Å²) in [7, 11) is 1.52. The molecular formula is C18H14N2O2. The first-order valence-corrected chi connectivity index (χ1v) is 6.81. The monoisotopic (exact) mass is 290 g/mol. The van der Waals surface area contributed by atoms with E-state index >= 15 is 0 Å². The van der Waals surface area contributed by atoms with E-state index in [2.05, 4.69) is 11.1 Å². The van der Waals surface area contributed by atoms with Crippen molar-refractivity contribution in [3.8, 4) is 34.3 Å². The van der Waals surface area contributed by atoms with Crippen LogP contribution in [-0.2, 0) is 0 Å². The SMILES string of the molecule is COc1nc(-c2ccoc2)cc(-c2ccc(C)cc2)c1C#N. The summed E-state index contributed by atoms with van der Waals surface area (Å²) in [6, 6.07) is 13.9. The largest absolute Gasteiger partial charge is 0.480 e. The van der Waals surface area contributed by atoms with Gasteiger partial charge in [-0.1, -0.05) is 29.8 Å². The third-order valence-electron chi connectivity index (χ3n) is 3.47. The molecule has 2 heterocycles. The van der Waals surface area contributed by atoms with Crippen LogP contribution in [0.1, 0.15) is 11.1 Å². The molecule has 0 atom stereocenters. The summed E-state index contributed by atoms with van der Waals surface area (Å²) in [6.07, 6.45) is 3.21. The number of methoxy groups -OCH3 is 1. The molecule has 0 saturated heterocycles. The van der Waals surface area contributed by atoms with Crippen LogP contribution in [0.5, 0.6) is 5.88 Å². The van der Waals surface area contributed by atoms with Crippen LogP contribution < -0.4 is 4.74 Å². The molecule has 0 aliphatic carbocycles. The Hall–Kier alpha value is -3.06. The molecule has 0 aliphatic heterocycles. The number of aryl methyl sites for hydroxylation is 1. The van der Waals surface area contributed by atoms with Gasteiger partial charge in [0.2, 0.25) is 5.88 Å². The van der Waals surface area contributed by atoms with E-state index in [-0.39, 0.29) is 0 Å². The molecule has 1 aromatic carbocycles. The van der Waals surface area contributed by atoms with E-state index in [1.165, 1.54) is 12.7 Å². The first-order valence-electron chi connectivity index (χ1n) is 6.81. The second kappa shape index (κ2) is 5.74. The third kappa shape index (κ3) is 2.45. The van der Waals surface area contributed by atoms with Crippen molar-refractivity contribution in [2.24, 2.45) is 0 Å². The molecule has 3 rings (SSSR count). The Morgan fingerprint density at radius 1 is 1.14 bits per heavy atom. The van der Waals surface area contributed by atoms with Crippen molar-refractivity contribution in [1.82, 2.24) is 4.98 Å². The van der Waals surface area contributed by atoms with Gasteiger partial charge in [-0.15, -0.1) is 0 Å². The number of rotatable bonds is 3. The van der Waals surface area contributed by atoms with E-state index in [1.54, 1.807) is 12.5 Å². The lowest BCUT2D eigenvalue weighted by atomic mass is 9.98. The maximum Gasteiger partial charge on any atom is 0.232 e. The van der Waals surface area contributed by atoms with Crippen LogP contribution in [0.3, 0.4) is 0 Å². The average Bonchev–Trinajstić information content (AvgIpc) is 3.08. The quantitative estimate of drug-likeness (QED) is 0.725. The predicted octanol–water partition coefficient (Wildman–Crippen LogP) is 4.20. The van der Waals surface area contributed by atoms with E-state index in [1.807, 2.05) is 43.3 Å². The molecule has 0 bridgehead atoms. The molecule has 2 aromatic heterocycles. The maximum absolute atomic E-state index is 9.48. The highest BCUT2D eigenvalue weighted by atomic mass is 16.5. The Kier molecular flexibility index (Phi) is 3.63. The van der Waals surface area contributed by atoms with E-state index in [9.17, 15) is 5.26 Å². The summed E-state index contributed by atoms with van der Waals surface area (Å²) < 4.78 is 10.4. The molecule has 4 nitrogen and oxygen atoms in total. The van der Waals surface area contributed by atoms with Crippen molar-refractivity contribution in [3.63, 3.8) is 0 Å². The van der Waals surface area contributed by atoms with Gasteiger partial charge in [0.1, 0.15) is 11.6 Å². The number of nitrogens with zero attached hydrogens (tertiary/aromatic N) is 2. The number of hydrogen-bond donors (Lipinski definition) is 0. The Morgan fingerprint density at radius 2 is 1.91 bits per heavy atom. The lowest BCUT2D eigenvalue weighted by molar-refractivity contribution is 0.397. The van der Waals surface area contributed by atoms with E-state index in [0.29, 0.717) is 17.1 Å². The minimum absolute atomic E-state index is 0.316. The van der Waals surface area contributed by atoms with Crippen LogP contribution in [0.25, 0.3) is 22.4 Å². The summed E-state index contributed by atoms with van der Waals surface area (Å²) in [6.45, 7) is 2.03. The number of benzene rings is 1. The standard InChI is InChI=1S/C18H14N2O2/c1-12-3-5-13(6-4-12)15-9-17(14-7-8-22-11-14)20-18(21-2)16(15)10-19/h3-9,11H,1-2H3. The molecule has 0 fully saturated rings. The fourth-order valence-corrected chi connectivity index (χ4v) is 2.30. The molecule has 22 heavy (non-hydrogen) atoms. The van der Waals surface area contributed by atoms with Crippen molar-refractivity contribution in [2.45, 2.75) is 6.92 Å². The van der Waals surface area contributed by atoms with Gasteiger partial charge in [-0.3, -0.25) is 0 Å². The molecule has 0 spiro atoms. The summed E-state index contributed by atoms with van der Waals surface area (Å²) in [5, 5.41) is 9.48. The van der Waals surface area contributed by atoms with Crippen LogP contribution in [-0.4, -0.2) is 12.1 Å². The summed E-state index contributed by atoms with van der Waals surface area (Å²) >= 11 is 0. The predicted molar refractivity (Wildman–Crippen MR) is 83.4 cm³/mol. The van der Waals surface area contributed by atoms with Gasteiger partial charge in [-0.25, -0.2) is 4.98 Å².